The number of fused-ring (bicyclic) bond motifs is 1. The molecule has 238 valence electrons. The maximum Gasteiger partial charge on any atom is 0.303 e. The van der Waals surface area contributed by atoms with Crippen molar-refractivity contribution in [3.05, 3.63) is 46.6 Å². The fraction of sp³-hybridized carbons (Fsp3) is 0.448. The predicted octanol–water partition coefficient (Wildman–Crippen LogP) is -0.145. The molecule has 0 bridgehead atoms. The lowest BCUT2D eigenvalue weighted by Crippen LogP contribution is -2.59. The number of rotatable bonds is 6. The molecule has 5 rings (SSSR count). The molecule has 3 aromatic rings. The van der Waals surface area contributed by atoms with Crippen LogP contribution in [0.2, 0.25) is 0 Å². The Morgan fingerprint density at radius 1 is 0.795 bits per heavy atom. The van der Waals surface area contributed by atoms with Gasteiger partial charge >= 0.3 is 5.97 Å². The first-order valence-electron chi connectivity index (χ1n) is 13.6. The highest BCUT2D eigenvalue weighted by molar-refractivity contribution is 5.88. The van der Waals surface area contributed by atoms with Crippen LogP contribution in [0, 0.1) is 0 Å². The van der Waals surface area contributed by atoms with Gasteiger partial charge in [0.1, 0.15) is 58.7 Å². The SMILES string of the molecule is CC(=O)OC1C(C)OC(Oc2c(-c3ccc(O)cc3)oc3cc(OC4OC(C)C(O)C(O)C4O)cc(O)c3c2=O)C(O)C1O. The van der Waals surface area contributed by atoms with Crippen LogP contribution in [0.3, 0.4) is 0 Å². The highest BCUT2D eigenvalue weighted by atomic mass is 16.7. The Labute approximate surface area is 249 Å². The van der Waals surface area contributed by atoms with Gasteiger partial charge in [0.25, 0.3) is 0 Å². The van der Waals surface area contributed by atoms with E-state index in [1.807, 2.05) is 0 Å². The van der Waals surface area contributed by atoms with E-state index in [0.29, 0.717) is 0 Å². The fourth-order valence-electron chi connectivity index (χ4n) is 5.05. The van der Waals surface area contributed by atoms with Gasteiger partial charge in [-0.1, -0.05) is 0 Å². The molecule has 0 amide bonds. The summed E-state index contributed by atoms with van der Waals surface area (Å²) in [7, 11) is 0. The minimum Gasteiger partial charge on any atom is -0.508 e. The summed E-state index contributed by atoms with van der Waals surface area (Å²) in [4.78, 5) is 25.3. The van der Waals surface area contributed by atoms with Crippen LogP contribution in [0.15, 0.2) is 45.6 Å². The van der Waals surface area contributed by atoms with Crippen molar-refractivity contribution in [1.82, 2.24) is 0 Å². The lowest BCUT2D eigenvalue weighted by Gasteiger charge is -2.40. The molecule has 15 heteroatoms. The van der Waals surface area contributed by atoms with Gasteiger partial charge in [-0.25, -0.2) is 0 Å². The first-order valence-corrected chi connectivity index (χ1v) is 13.6. The van der Waals surface area contributed by atoms with Crippen LogP contribution in [-0.2, 0) is 19.0 Å². The Morgan fingerprint density at radius 2 is 1.41 bits per heavy atom. The molecule has 3 heterocycles. The topological polar surface area (TPSA) is 235 Å². The summed E-state index contributed by atoms with van der Waals surface area (Å²) in [6.45, 7) is 4.05. The Morgan fingerprint density at radius 3 is 2.07 bits per heavy atom. The van der Waals surface area contributed by atoms with Crippen LogP contribution in [0.25, 0.3) is 22.3 Å². The molecule has 44 heavy (non-hydrogen) atoms. The lowest BCUT2D eigenvalue weighted by atomic mass is 9.99. The second kappa shape index (κ2) is 12.2. The maximum absolute atomic E-state index is 13.8. The minimum atomic E-state index is -1.79. The second-order valence-corrected chi connectivity index (χ2v) is 10.6. The minimum absolute atomic E-state index is 0.0974. The number of ether oxygens (including phenoxy) is 5. The van der Waals surface area contributed by atoms with E-state index in [9.17, 15) is 45.3 Å². The Bertz CT molecular complexity index is 1570. The quantitative estimate of drug-likeness (QED) is 0.178. The van der Waals surface area contributed by atoms with E-state index in [-0.39, 0.29) is 33.8 Å². The third kappa shape index (κ3) is 5.90. The number of hydrogen-bond acceptors (Lipinski definition) is 15. The normalized spacial score (nSPS) is 32.3. The van der Waals surface area contributed by atoms with E-state index in [1.54, 1.807) is 0 Å². The first-order chi connectivity index (χ1) is 20.8. The van der Waals surface area contributed by atoms with Crippen LogP contribution >= 0.6 is 0 Å². The van der Waals surface area contributed by atoms with Gasteiger partial charge in [0, 0.05) is 24.6 Å². The highest BCUT2D eigenvalue weighted by Crippen LogP contribution is 2.38. The van der Waals surface area contributed by atoms with Crippen LogP contribution < -0.4 is 14.9 Å². The van der Waals surface area contributed by atoms with Gasteiger partial charge in [0.15, 0.2) is 11.9 Å². The number of esters is 1. The van der Waals surface area contributed by atoms with E-state index in [4.69, 9.17) is 28.1 Å². The average Bonchev–Trinajstić information content (AvgIpc) is 2.97. The number of carbonyl (C=O) groups excluding carboxylic acids is 1. The third-order valence-electron chi connectivity index (χ3n) is 7.41. The van der Waals surface area contributed by atoms with Gasteiger partial charge in [0.05, 0.1) is 12.2 Å². The summed E-state index contributed by atoms with van der Waals surface area (Å²) in [5.74, 6) is -2.34. The average molecular weight is 621 g/mol. The largest absolute Gasteiger partial charge is 0.508 e. The molecule has 10 atom stereocenters. The van der Waals surface area contributed by atoms with Crippen molar-refractivity contribution in [1.29, 1.82) is 0 Å². The van der Waals surface area contributed by atoms with Crippen molar-refractivity contribution >= 4 is 16.9 Å². The summed E-state index contributed by atoms with van der Waals surface area (Å²) in [6.07, 6.45) is -14.3. The lowest BCUT2D eigenvalue weighted by molar-refractivity contribution is -0.272. The molecule has 2 aromatic carbocycles. The molecule has 0 aliphatic carbocycles. The molecule has 10 unspecified atom stereocenters. The van der Waals surface area contributed by atoms with Crippen molar-refractivity contribution in [2.24, 2.45) is 0 Å². The van der Waals surface area contributed by atoms with E-state index >= 15 is 0 Å². The highest BCUT2D eigenvalue weighted by Gasteiger charge is 2.47. The predicted molar refractivity (Wildman–Crippen MR) is 147 cm³/mol. The van der Waals surface area contributed by atoms with Crippen molar-refractivity contribution in [3.63, 3.8) is 0 Å². The zero-order chi connectivity index (χ0) is 32.0. The zero-order valence-electron chi connectivity index (χ0n) is 23.6. The van der Waals surface area contributed by atoms with Crippen molar-refractivity contribution in [2.75, 3.05) is 0 Å². The van der Waals surface area contributed by atoms with Gasteiger partial charge in [-0.2, -0.15) is 0 Å². The number of phenols is 2. The molecule has 2 saturated heterocycles. The van der Waals surface area contributed by atoms with Gasteiger partial charge < -0.3 is 63.8 Å². The summed E-state index contributed by atoms with van der Waals surface area (Å²) < 4.78 is 33.5. The molecule has 2 aliphatic heterocycles. The summed E-state index contributed by atoms with van der Waals surface area (Å²) in [5.41, 5.74) is -0.913. The number of phenolic OH excluding ortho intramolecular Hbond substituents is 2. The number of carbonyl (C=O) groups is 1. The summed E-state index contributed by atoms with van der Waals surface area (Å²) in [5, 5.41) is 72.0. The van der Waals surface area contributed by atoms with Gasteiger partial charge in [-0.15, -0.1) is 0 Å². The maximum atomic E-state index is 13.8. The Kier molecular flexibility index (Phi) is 8.73. The van der Waals surface area contributed by atoms with Crippen LogP contribution in [0.5, 0.6) is 23.0 Å². The van der Waals surface area contributed by atoms with Crippen LogP contribution in [0.1, 0.15) is 20.8 Å². The third-order valence-corrected chi connectivity index (χ3v) is 7.41. The van der Waals surface area contributed by atoms with Gasteiger partial charge in [-0.05, 0) is 38.1 Å². The standard InChI is InChI=1S/C29H32O15/c1-10-19(33)21(35)23(37)28(39-10)42-15-8-16(32)18-17(9-15)43-26(13-4-6-14(31)7-5-13)27(20(18)34)44-29-24(38)22(36)25(11(2)40-29)41-12(3)30/h4-11,19,21-25,28-29,31-33,35-38H,1-3H3. The Balaban J connectivity index is 1.55. The molecule has 0 saturated carbocycles. The molecule has 2 aliphatic rings. The second-order valence-electron chi connectivity index (χ2n) is 10.6. The number of aliphatic hydroxyl groups is 5. The van der Waals surface area contributed by atoms with Crippen molar-refractivity contribution in [3.8, 4) is 34.3 Å². The van der Waals surface area contributed by atoms with Gasteiger partial charge in [-0.3, -0.25) is 9.59 Å². The smallest absolute Gasteiger partial charge is 0.303 e. The van der Waals surface area contributed by atoms with Gasteiger partial charge in [0.2, 0.25) is 23.8 Å². The molecule has 15 nitrogen and oxygen atoms in total. The van der Waals surface area contributed by atoms with E-state index < -0.39 is 84.3 Å². The van der Waals surface area contributed by atoms with E-state index in [0.717, 1.165) is 13.0 Å². The van der Waals surface area contributed by atoms with Crippen LogP contribution in [-0.4, -0.2) is 103 Å². The fourth-order valence-corrected chi connectivity index (χ4v) is 5.05. The molecule has 2 fully saturated rings. The number of hydrogen-bond donors (Lipinski definition) is 7. The monoisotopic (exact) mass is 620 g/mol. The zero-order valence-corrected chi connectivity index (χ0v) is 23.6. The molecule has 7 N–H and O–H groups in total. The summed E-state index contributed by atoms with van der Waals surface area (Å²) in [6, 6.07) is 7.67. The molecule has 1 aromatic heterocycles. The number of aromatic hydroxyl groups is 2. The summed E-state index contributed by atoms with van der Waals surface area (Å²) >= 11 is 0. The van der Waals surface area contributed by atoms with Crippen molar-refractivity contribution in [2.45, 2.75) is 82.2 Å². The Hall–Kier alpha value is -3.96. The van der Waals surface area contributed by atoms with E-state index in [1.165, 1.54) is 44.2 Å². The van der Waals surface area contributed by atoms with E-state index in [2.05, 4.69) is 0 Å². The molecule has 0 spiro atoms. The molecular formula is C29H32O15. The molecule has 0 radical (unpaired) electrons. The van der Waals surface area contributed by atoms with Crippen molar-refractivity contribution < 1.29 is 68.6 Å². The van der Waals surface area contributed by atoms with Crippen LogP contribution in [0.4, 0.5) is 0 Å². The first kappa shape index (κ1) is 31.5. The number of aliphatic hydroxyl groups excluding tert-OH is 5. The number of benzene rings is 2. The molecular weight excluding hydrogens is 588 g/mol.